The van der Waals surface area contributed by atoms with Gasteiger partial charge in [0.2, 0.25) is 0 Å². The van der Waals surface area contributed by atoms with E-state index in [1.54, 1.807) is 6.07 Å². The lowest BCUT2D eigenvalue weighted by Gasteiger charge is -2.27. The van der Waals surface area contributed by atoms with Crippen molar-refractivity contribution in [2.75, 3.05) is 6.54 Å². The highest BCUT2D eigenvalue weighted by molar-refractivity contribution is 5.66. The molecule has 1 aliphatic heterocycles. The van der Waals surface area contributed by atoms with Crippen molar-refractivity contribution in [2.45, 2.75) is 19.6 Å². The highest BCUT2D eigenvalue weighted by atomic mass is 16.5. The van der Waals surface area contributed by atoms with E-state index in [-0.39, 0.29) is 0 Å². The zero-order chi connectivity index (χ0) is 16.2. The molecule has 1 heterocycles. The Morgan fingerprint density at radius 3 is 2.91 bits per heavy atom. The lowest BCUT2D eigenvalue weighted by molar-refractivity contribution is 0.139. The van der Waals surface area contributed by atoms with Crippen molar-refractivity contribution >= 4 is 6.09 Å². The minimum Gasteiger partial charge on any atom is -0.489 e. The number of benzene rings is 2. The van der Waals surface area contributed by atoms with Gasteiger partial charge in [-0.3, -0.25) is 0 Å². The molecule has 2 aromatic carbocycles. The number of carboxylic acid groups (broad SMARTS) is 1. The summed E-state index contributed by atoms with van der Waals surface area (Å²) in [7, 11) is 0. The lowest BCUT2D eigenvalue weighted by Crippen LogP contribution is -2.34. The maximum absolute atomic E-state index is 11.1. The van der Waals surface area contributed by atoms with Gasteiger partial charge < -0.3 is 14.7 Å². The minimum absolute atomic E-state index is 0.384. The molecule has 0 saturated heterocycles. The lowest BCUT2D eigenvalue weighted by atomic mass is 9.99. The van der Waals surface area contributed by atoms with Crippen molar-refractivity contribution < 1.29 is 14.6 Å². The number of rotatable bonds is 3. The second-order valence-electron chi connectivity index (χ2n) is 5.45. The smallest absolute Gasteiger partial charge is 0.407 e. The molecule has 1 aliphatic rings. The Bertz CT molecular complexity index is 780. The fourth-order valence-corrected chi connectivity index (χ4v) is 2.76. The third-order valence-electron chi connectivity index (χ3n) is 3.94. The van der Waals surface area contributed by atoms with Crippen LogP contribution in [0.2, 0.25) is 0 Å². The van der Waals surface area contributed by atoms with Crippen molar-refractivity contribution in [2.24, 2.45) is 0 Å². The van der Waals surface area contributed by atoms with E-state index in [0.717, 1.165) is 22.4 Å². The fraction of sp³-hybridized carbons (Fsp3) is 0.222. The molecule has 1 amide bonds. The van der Waals surface area contributed by atoms with Crippen molar-refractivity contribution in [1.29, 1.82) is 5.26 Å². The molecule has 0 aromatic heterocycles. The number of carbonyl (C=O) groups is 1. The summed E-state index contributed by atoms with van der Waals surface area (Å²) in [4.78, 5) is 12.5. The summed E-state index contributed by atoms with van der Waals surface area (Å²) in [6, 6.07) is 15.2. The first-order valence-electron chi connectivity index (χ1n) is 7.38. The van der Waals surface area contributed by atoms with Crippen LogP contribution in [0.25, 0.3) is 0 Å². The van der Waals surface area contributed by atoms with Gasteiger partial charge in [-0.1, -0.05) is 24.3 Å². The average molecular weight is 308 g/mol. The Kier molecular flexibility index (Phi) is 4.15. The average Bonchev–Trinajstić information content (AvgIpc) is 2.59. The van der Waals surface area contributed by atoms with Gasteiger partial charge in [0.05, 0.1) is 11.6 Å². The molecule has 5 nitrogen and oxygen atoms in total. The van der Waals surface area contributed by atoms with Crippen LogP contribution in [-0.2, 0) is 19.6 Å². The maximum atomic E-state index is 11.1. The molecule has 3 rings (SSSR count). The summed E-state index contributed by atoms with van der Waals surface area (Å²) < 4.78 is 5.91. The number of hydrogen-bond acceptors (Lipinski definition) is 3. The van der Waals surface area contributed by atoms with Gasteiger partial charge in [-0.15, -0.1) is 0 Å². The highest BCUT2D eigenvalue weighted by Crippen LogP contribution is 2.28. The van der Waals surface area contributed by atoms with Crippen LogP contribution in [0.4, 0.5) is 4.79 Å². The molecule has 0 aliphatic carbocycles. The molecule has 0 fully saturated rings. The summed E-state index contributed by atoms with van der Waals surface area (Å²) in [6.45, 7) is 1.26. The van der Waals surface area contributed by atoms with E-state index in [1.807, 2.05) is 36.4 Å². The SMILES string of the molecule is N#Cc1cccc(COc2cccc3c2CCN(C(=O)O)C3)c1. The molecule has 0 atom stereocenters. The number of nitrogens with zero attached hydrogens (tertiary/aromatic N) is 2. The summed E-state index contributed by atoms with van der Waals surface area (Å²) in [6.07, 6.45) is -0.244. The van der Waals surface area contributed by atoms with E-state index in [9.17, 15) is 4.79 Å². The largest absolute Gasteiger partial charge is 0.489 e. The van der Waals surface area contributed by atoms with Crippen LogP contribution in [0.15, 0.2) is 42.5 Å². The van der Waals surface area contributed by atoms with Gasteiger partial charge in [-0.2, -0.15) is 5.26 Å². The van der Waals surface area contributed by atoms with Crippen LogP contribution in [0.5, 0.6) is 5.75 Å². The molecule has 5 heteroatoms. The summed E-state index contributed by atoms with van der Waals surface area (Å²) in [5, 5.41) is 18.0. The third kappa shape index (κ3) is 3.27. The Labute approximate surface area is 134 Å². The van der Waals surface area contributed by atoms with E-state index in [0.29, 0.717) is 31.7 Å². The monoisotopic (exact) mass is 308 g/mol. The molecule has 23 heavy (non-hydrogen) atoms. The van der Waals surface area contributed by atoms with Gasteiger partial charge in [-0.05, 0) is 35.7 Å². The minimum atomic E-state index is -0.893. The van der Waals surface area contributed by atoms with Crippen LogP contribution in [0, 0.1) is 11.3 Å². The number of fused-ring (bicyclic) bond motifs is 1. The number of amides is 1. The van der Waals surface area contributed by atoms with Gasteiger partial charge in [0.25, 0.3) is 0 Å². The molecule has 0 bridgehead atoms. The van der Waals surface area contributed by atoms with Crippen LogP contribution < -0.4 is 4.74 Å². The van der Waals surface area contributed by atoms with Crippen LogP contribution in [-0.4, -0.2) is 22.6 Å². The first kappa shape index (κ1) is 14.9. The zero-order valence-corrected chi connectivity index (χ0v) is 12.5. The molecule has 0 saturated carbocycles. The quantitative estimate of drug-likeness (QED) is 0.945. The summed E-state index contributed by atoms with van der Waals surface area (Å²) in [5.74, 6) is 0.787. The highest BCUT2D eigenvalue weighted by Gasteiger charge is 2.22. The Morgan fingerprint density at radius 2 is 2.13 bits per heavy atom. The fourth-order valence-electron chi connectivity index (χ4n) is 2.76. The van der Waals surface area contributed by atoms with Crippen molar-refractivity contribution in [1.82, 2.24) is 4.90 Å². The number of nitriles is 1. The van der Waals surface area contributed by atoms with Crippen LogP contribution in [0.1, 0.15) is 22.3 Å². The molecule has 0 spiro atoms. The molecular formula is C18H16N2O3. The van der Waals surface area contributed by atoms with Gasteiger partial charge in [0.15, 0.2) is 0 Å². The zero-order valence-electron chi connectivity index (χ0n) is 12.5. The Balaban J connectivity index is 1.76. The standard InChI is InChI=1S/C18H16N2O3/c19-10-13-3-1-4-14(9-13)12-23-17-6-2-5-15-11-20(18(21)22)8-7-16(15)17/h1-6,9H,7-8,11-12H2,(H,21,22). The van der Waals surface area contributed by atoms with Gasteiger partial charge >= 0.3 is 6.09 Å². The maximum Gasteiger partial charge on any atom is 0.407 e. The van der Waals surface area contributed by atoms with Crippen LogP contribution >= 0.6 is 0 Å². The molecule has 0 radical (unpaired) electrons. The molecule has 0 unspecified atom stereocenters. The van der Waals surface area contributed by atoms with Crippen molar-refractivity contribution in [3.8, 4) is 11.8 Å². The molecule has 1 N–H and O–H groups in total. The summed E-state index contributed by atoms with van der Waals surface area (Å²) in [5.41, 5.74) is 3.60. The van der Waals surface area contributed by atoms with Crippen LogP contribution in [0.3, 0.4) is 0 Å². The Morgan fingerprint density at radius 1 is 1.30 bits per heavy atom. The van der Waals surface area contributed by atoms with Gasteiger partial charge in [0, 0.05) is 18.7 Å². The number of ether oxygens (including phenoxy) is 1. The Hall–Kier alpha value is -3.00. The second-order valence-corrected chi connectivity index (χ2v) is 5.45. The van der Waals surface area contributed by atoms with E-state index in [4.69, 9.17) is 15.1 Å². The van der Waals surface area contributed by atoms with E-state index in [1.165, 1.54) is 4.90 Å². The predicted octanol–water partition coefficient (Wildman–Crippen LogP) is 3.17. The second kappa shape index (κ2) is 6.41. The van der Waals surface area contributed by atoms with E-state index >= 15 is 0 Å². The third-order valence-corrected chi connectivity index (χ3v) is 3.94. The number of hydrogen-bond donors (Lipinski definition) is 1. The first-order chi connectivity index (χ1) is 11.2. The molecular weight excluding hydrogens is 292 g/mol. The molecule has 116 valence electrons. The van der Waals surface area contributed by atoms with E-state index < -0.39 is 6.09 Å². The normalized spacial score (nSPS) is 13.1. The predicted molar refractivity (Wildman–Crippen MR) is 84.1 cm³/mol. The van der Waals surface area contributed by atoms with Gasteiger partial charge in [0.1, 0.15) is 12.4 Å². The molecule has 2 aromatic rings. The van der Waals surface area contributed by atoms with Crippen molar-refractivity contribution in [3.05, 3.63) is 64.7 Å². The summed E-state index contributed by atoms with van der Waals surface area (Å²) >= 11 is 0. The first-order valence-corrected chi connectivity index (χ1v) is 7.38. The topological polar surface area (TPSA) is 73.6 Å². The van der Waals surface area contributed by atoms with Crippen molar-refractivity contribution in [3.63, 3.8) is 0 Å². The van der Waals surface area contributed by atoms with Gasteiger partial charge in [-0.25, -0.2) is 4.79 Å². The van der Waals surface area contributed by atoms with E-state index in [2.05, 4.69) is 6.07 Å².